The first-order valence-electron chi connectivity index (χ1n) is 35.1. The molecule has 5 rings (SSSR count). The number of alkyl carbamates (subject to hydrolysis) is 1. The van der Waals surface area contributed by atoms with E-state index in [0.717, 1.165) is 12.0 Å². The number of amides is 7. The number of aliphatic imine (C=N–C) groups is 1. The van der Waals surface area contributed by atoms with Crippen LogP contribution in [0.3, 0.4) is 0 Å². The number of esters is 1. The summed E-state index contributed by atoms with van der Waals surface area (Å²) in [7, 11) is -5.67. The van der Waals surface area contributed by atoms with Gasteiger partial charge in [0.05, 0.1) is 157 Å². The number of carbonyl (C=O) groups is 7. The van der Waals surface area contributed by atoms with Gasteiger partial charge in [-0.2, -0.15) is 17.2 Å². The monoisotopic (exact) mass is 1570 g/mol. The average Bonchev–Trinajstić information content (AvgIpc) is 1.05. The number of aromatic nitrogens is 2. The molecule has 4 aromatic rings. The fourth-order valence-corrected chi connectivity index (χ4v) is 10.2. The normalized spacial score (nSPS) is 12.6. The van der Waals surface area contributed by atoms with Crippen molar-refractivity contribution < 1.29 is 126 Å². The summed E-state index contributed by atoms with van der Waals surface area (Å²) in [4.78, 5) is 106. The molecule has 0 fully saturated rings. The number of hydrogen-bond acceptors (Lipinski definition) is 26. The maximum absolute atomic E-state index is 14.0. The van der Waals surface area contributed by atoms with Gasteiger partial charge in [0.1, 0.15) is 30.4 Å². The summed E-state index contributed by atoms with van der Waals surface area (Å²) in [6, 6.07) is 9.17. The predicted octanol–water partition coefficient (Wildman–Crippen LogP) is 4.90. The number of halogens is 4. The van der Waals surface area contributed by atoms with Gasteiger partial charge in [0.25, 0.3) is 5.91 Å². The van der Waals surface area contributed by atoms with Crippen LogP contribution in [0.15, 0.2) is 70.3 Å². The molecule has 1 aliphatic heterocycles. The second-order valence-electron chi connectivity index (χ2n) is 23.8. The molecule has 1 aromatic heterocycles. The lowest BCUT2D eigenvalue weighted by Gasteiger charge is -2.25. The third-order valence-corrected chi connectivity index (χ3v) is 15.9. The zero-order valence-electron chi connectivity index (χ0n) is 61.2. The number of amidine groups is 1. The summed E-state index contributed by atoms with van der Waals surface area (Å²) in [5.74, 6) is -14.4. The van der Waals surface area contributed by atoms with Gasteiger partial charge in [-0.1, -0.05) is 45.0 Å². The number of anilines is 1. The highest BCUT2D eigenvalue weighted by atomic mass is 32.2. The molecule has 0 bridgehead atoms. The van der Waals surface area contributed by atoms with Gasteiger partial charge < -0.3 is 94.9 Å². The summed E-state index contributed by atoms with van der Waals surface area (Å²) in [5.41, 5.74) is 15.6. The van der Waals surface area contributed by atoms with E-state index in [0.29, 0.717) is 125 Å². The molecule has 2 atom stereocenters. The second-order valence-corrected chi connectivity index (χ2v) is 25.2. The van der Waals surface area contributed by atoms with Gasteiger partial charge in [-0.05, 0) is 67.5 Å². The quantitative estimate of drug-likeness (QED) is 0.00554. The Morgan fingerprint density at radius 2 is 1.16 bits per heavy atom. The SMILES string of the molecule is CCCN(OCC)C(=O)C1=Cc2ccc(-c3cnc(CNC(=O)OCc4ccc(NC(=O)[C@H](CCCNC(N)=O)NC(=O)[C@@H](NC(=O)CCOCCOCCOCCOCCOCCOCCOCCOCCOCCOCCC(=O)Oc5c(F)c(F)c(S(=O)(=O)O)c(F)c5F)C(C)C)cc4)nc3)cc2N=C(N)C1. The van der Waals surface area contributed by atoms with Crippen LogP contribution in [0.5, 0.6) is 5.75 Å². The van der Waals surface area contributed by atoms with Crippen LogP contribution in [-0.4, -0.2) is 239 Å². The van der Waals surface area contributed by atoms with E-state index in [2.05, 4.69) is 46.3 Å². The minimum absolute atomic E-state index is 0.00114. The lowest BCUT2D eigenvalue weighted by Crippen LogP contribution is -2.54. The fourth-order valence-electron chi connectivity index (χ4n) is 9.61. The van der Waals surface area contributed by atoms with Crippen molar-refractivity contribution >= 4 is 75.1 Å². The van der Waals surface area contributed by atoms with Gasteiger partial charge in [-0.15, -0.1) is 0 Å². The number of carbonyl (C=O) groups excluding carboxylic acids is 7. The van der Waals surface area contributed by atoms with Crippen molar-refractivity contribution in [2.45, 2.75) is 96.4 Å². The number of nitrogens with zero attached hydrogens (tertiary/aromatic N) is 4. The van der Waals surface area contributed by atoms with Crippen LogP contribution in [0.25, 0.3) is 17.2 Å². The van der Waals surface area contributed by atoms with E-state index in [4.69, 9.17) is 73.0 Å². The minimum atomic E-state index is -5.67. The smallest absolute Gasteiger partial charge is 0.407 e. The zero-order chi connectivity index (χ0) is 79.4. The molecule has 2 heterocycles. The molecule has 0 spiro atoms. The van der Waals surface area contributed by atoms with Gasteiger partial charge in [-0.3, -0.25) is 33.4 Å². The van der Waals surface area contributed by atoms with Crippen LogP contribution in [0.2, 0.25) is 0 Å². The number of fused-ring (bicyclic) bond motifs is 1. The molecule has 34 nitrogen and oxygen atoms in total. The number of hydroxylamine groups is 2. The Labute approximate surface area is 628 Å². The summed E-state index contributed by atoms with van der Waals surface area (Å²) >= 11 is 0. The predicted molar refractivity (Wildman–Crippen MR) is 382 cm³/mol. The molecule has 0 aliphatic carbocycles. The van der Waals surface area contributed by atoms with Gasteiger partial charge in [0, 0.05) is 60.7 Å². The number of benzene rings is 3. The fraction of sp³-hybridized carbons (Fsp3) is 0.543. The van der Waals surface area contributed by atoms with Crippen molar-refractivity contribution in [2.75, 3.05) is 157 Å². The summed E-state index contributed by atoms with van der Waals surface area (Å²) in [6.45, 7) is 12.7. The Kier molecular flexibility index (Phi) is 42.1. The molecule has 10 N–H and O–H groups in total. The highest BCUT2D eigenvalue weighted by Gasteiger charge is 2.35. The maximum Gasteiger partial charge on any atom is 0.407 e. The number of primary amides is 1. The van der Waals surface area contributed by atoms with Crippen LogP contribution in [0, 0.1) is 29.2 Å². The van der Waals surface area contributed by atoms with Crippen LogP contribution >= 0.6 is 0 Å². The first-order chi connectivity index (χ1) is 52.4. The molecule has 39 heteroatoms. The number of ether oxygens (including phenoxy) is 12. The minimum Gasteiger partial charge on any atom is -0.445 e. The van der Waals surface area contributed by atoms with Gasteiger partial charge in [0.2, 0.25) is 35.1 Å². The largest absolute Gasteiger partial charge is 0.445 e. The highest BCUT2D eigenvalue weighted by Crippen LogP contribution is 2.34. The maximum atomic E-state index is 14.0. The van der Waals surface area contributed by atoms with Crippen LogP contribution < -0.4 is 42.8 Å². The van der Waals surface area contributed by atoms with Crippen molar-refractivity contribution in [3.8, 4) is 16.9 Å². The van der Waals surface area contributed by atoms with E-state index in [9.17, 15) is 59.5 Å². The Morgan fingerprint density at radius 1 is 0.642 bits per heavy atom. The third kappa shape index (κ3) is 34.7. The van der Waals surface area contributed by atoms with E-state index < -0.39 is 98.4 Å². The van der Waals surface area contributed by atoms with E-state index >= 15 is 0 Å². The number of nitrogens with two attached hydrogens (primary N) is 2. The molecule has 7 amide bonds. The molecule has 604 valence electrons. The second kappa shape index (κ2) is 50.7. The molecular formula is C70H97F4N11O23S. The first-order valence-corrected chi connectivity index (χ1v) is 36.5. The summed E-state index contributed by atoms with van der Waals surface area (Å²) in [5, 5.41) is 14.7. The average molecular weight is 1570 g/mol. The lowest BCUT2D eigenvalue weighted by molar-refractivity contribution is -0.180. The highest BCUT2D eigenvalue weighted by molar-refractivity contribution is 7.85. The molecule has 0 saturated carbocycles. The molecular weight excluding hydrogens is 1470 g/mol. The summed E-state index contributed by atoms with van der Waals surface area (Å²) < 4.78 is 151. The Morgan fingerprint density at radius 3 is 1.64 bits per heavy atom. The van der Waals surface area contributed by atoms with Crippen molar-refractivity contribution in [3.63, 3.8) is 0 Å². The number of urea groups is 1. The molecule has 3 aromatic carbocycles. The van der Waals surface area contributed by atoms with Crippen molar-refractivity contribution in [1.82, 2.24) is 36.3 Å². The van der Waals surface area contributed by atoms with Crippen molar-refractivity contribution in [2.24, 2.45) is 22.4 Å². The standard InChI is InChI=1S/C70H97F4N11O23S/c1-5-18-85(107-6-2)68(90)50-39-49-12-11-48(40-54(49)82-55(75)41-50)51-42-78-56(79-43-51)44-80-70(92)106-45-47-9-13-52(14-10-47)81-66(88)53(8-7-17-77-69(76)91)83-67(89)63(46(3)4)84-57(86)15-19-96-21-23-98-25-27-100-29-31-102-33-35-104-37-38-105-36-34-103-32-30-101-28-26-99-24-22-97-20-16-58(87)108-64-59(71)61(73)65(109(93,94)95)62(74)60(64)72/h9-14,39-40,42-43,46,53,63H,5-8,15-38,41,44-45H2,1-4H3,(H2,75,82)(H,80,92)(H,81,88)(H,83,89)(H,84,86)(H3,76,77,91)(H,93,94,95)/t53-,63-/m0/s1. The van der Waals surface area contributed by atoms with Gasteiger partial charge in [-0.25, -0.2) is 38.4 Å². The van der Waals surface area contributed by atoms with Crippen molar-refractivity contribution in [3.05, 3.63) is 101 Å². The number of rotatable bonds is 55. The van der Waals surface area contributed by atoms with Gasteiger partial charge in [0.15, 0.2) is 16.5 Å². The van der Waals surface area contributed by atoms with E-state index in [1.54, 1.807) is 56.6 Å². The van der Waals surface area contributed by atoms with Crippen LogP contribution in [-0.2, 0) is 104 Å². The molecule has 109 heavy (non-hydrogen) atoms. The van der Waals surface area contributed by atoms with Crippen LogP contribution in [0.4, 0.5) is 38.5 Å². The number of nitrogens with one attached hydrogen (secondary N) is 5. The Bertz CT molecular complexity index is 3670. The zero-order valence-corrected chi connectivity index (χ0v) is 62.0. The molecule has 0 saturated heterocycles. The Balaban J connectivity index is 0.836. The lowest BCUT2D eigenvalue weighted by atomic mass is 10.0. The first kappa shape index (κ1) is 90.6. The summed E-state index contributed by atoms with van der Waals surface area (Å²) in [6.07, 6.45) is 4.86. The molecule has 0 unspecified atom stereocenters. The van der Waals surface area contributed by atoms with Crippen LogP contribution in [0.1, 0.15) is 83.2 Å². The topological polar surface area (TPSA) is 447 Å². The van der Waals surface area contributed by atoms with E-state index in [1.807, 2.05) is 32.0 Å². The molecule has 0 radical (unpaired) electrons. The van der Waals surface area contributed by atoms with E-state index in [1.165, 1.54) is 5.06 Å². The third-order valence-electron chi connectivity index (χ3n) is 15.0. The number of hydrogen-bond donors (Lipinski definition) is 8. The Hall–Kier alpha value is -8.97. The van der Waals surface area contributed by atoms with E-state index in [-0.39, 0.29) is 123 Å². The van der Waals surface area contributed by atoms with Crippen molar-refractivity contribution in [1.29, 1.82) is 0 Å². The van der Waals surface area contributed by atoms with Gasteiger partial charge >= 0.3 is 28.2 Å². The molecule has 1 aliphatic rings.